The van der Waals surface area contributed by atoms with E-state index in [9.17, 15) is 4.79 Å². The number of piperidine rings is 1. The van der Waals surface area contributed by atoms with Gasteiger partial charge in [-0.3, -0.25) is 4.79 Å². The second-order valence-electron chi connectivity index (χ2n) is 6.44. The second-order valence-corrected chi connectivity index (χ2v) is 6.44. The average molecular weight is 284 g/mol. The van der Waals surface area contributed by atoms with E-state index < -0.39 is 0 Å². The first-order valence-corrected chi connectivity index (χ1v) is 8.09. The van der Waals surface area contributed by atoms with Crippen molar-refractivity contribution in [2.45, 2.75) is 53.1 Å². The Morgan fingerprint density at radius 2 is 1.90 bits per heavy atom. The van der Waals surface area contributed by atoms with Crippen molar-refractivity contribution in [1.29, 1.82) is 0 Å². The summed E-state index contributed by atoms with van der Waals surface area (Å²) >= 11 is 0. The van der Waals surface area contributed by atoms with Gasteiger partial charge in [-0.1, -0.05) is 13.8 Å². The van der Waals surface area contributed by atoms with Gasteiger partial charge in [0.25, 0.3) is 0 Å². The molecule has 0 aliphatic carbocycles. The van der Waals surface area contributed by atoms with Gasteiger partial charge in [0.1, 0.15) is 0 Å². The van der Waals surface area contributed by atoms with E-state index in [1.54, 1.807) is 0 Å². The molecule has 1 heterocycles. The summed E-state index contributed by atoms with van der Waals surface area (Å²) in [6.07, 6.45) is 3.39. The zero-order valence-corrected chi connectivity index (χ0v) is 13.7. The van der Waals surface area contributed by atoms with Crippen LogP contribution in [0.2, 0.25) is 0 Å². The third-order valence-electron chi connectivity index (χ3n) is 4.11. The van der Waals surface area contributed by atoms with Gasteiger partial charge in [0.2, 0.25) is 5.91 Å². The summed E-state index contributed by atoms with van der Waals surface area (Å²) < 4.78 is 5.40. The van der Waals surface area contributed by atoms with Crippen LogP contribution in [0.5, 0.6) is 0 Å². The lowest BCUT2D eigenvalue weighted by Crippen LogP contribution is -2.38. The standard InChI is InChI=1S/C16H32N2O2/c1-13(2)15-5-9-18(10-6-15)11-7-16(19)17-8-12-20-14(3)4/h13-15H,5-12H2,1-4H3,(H,17,19). The molecular formula is C16H32N2O2. The van der Waals surface area contributed by atoms with Crippen LogP contribution in [0, 0.1) is 11.8 Å². The summed E-state index contributed by atoms with van der Waals surface area (Å²) in [4.78, 5) is 14.1. The van der Waals surface area contributed by atoms with Crippen LogP contribution in [0.15, 0.2) is 0 Å². The summed E-state index contributed by atoms with van der Waals surface area (Å²) in [6.45, 7) is 13.0. The molecule has 0 bridgehead atoms. The fraction of sp³-hybridized carbons (Fsp3) is 0.938. The number of hydrogen-bond donors (Lipinski definition) is 1. The van der Waals surface area contributed by atoms with Crippen LogP contribution < -0.4 is 5.32 Å². The molecule has 0 aromatic carbocycles. The number of rotatable bonds is 8. The summed E-state index contributed by atoms with van der Waals surface area (Å²) in [6, 6.07) is 0. The highest BCUT2D eigenvalue weighted by Crippen LogP contribution is 2.24. The third kappa shape index (κ3) is 7.25. The van der Waals surface area contributed by atoms with E-state index in [2.05, 4.69) is 24.1 Å². The van der Waals surface area contributed by atoms with Crippen LogP contribution in [-0.4, -0.2) is 49.7 Å². The van der Waals surface area contributed by atoms with Gasteiger partial charge >= 0.3 is 0 Å². The Hall–Kier alpha value is -0.610. The lowest BCUT2D eigenvalue weighted by Gasteiger charge is -2.33. The van der Waals surface area contributed by atoms with Crippen molar-refractivity contribution < 1.29 is 9.53 Å². The summed E-state index contributed by atoms with van der Waals surface area (Å²) in [7, 11) is 0. The predicted molar refractivity (Wildman–Crippen MR) is 82.7 cm³/mol. The number of likely N-dealkylation sites (tertiary alicyclic amines) is 1. The lowest BCUT2D eigenvalue weighted by molar-refractivity contribution is -0.121. The maximum Gasteiger partial charge on any atom is 0.221 e. The molecule has 4 nitrogen and oxygen atoms in total. The fourth-order valence-electron chi connectivity index (χ4n) is 2.68. The molecule has 1 fully saturated rings. The second kappa shape index (κ2) is 9.35. The monoisotopic (exact) mass is 284 g/mol. The van der Waals surface area contributed by atoms with E-state index in [0.29, 0.717) is 19.6 Å². The maximum atomic E-state index is 11.7. The highest BCUT2D eigenvalue weighted by molar-refractivity contribution is 5.76. The van der Waals surface area contributed by atoms with E-state index >= 15 is 0 Å². The molecule has 118 valence electrons. The number of carbonyl (C=O) groups excluding carboxylic acids is 1. The summed E-state index contributed by atoms with van der Waals surface area (Å²) in [5.74, 6) is 1.80. The molecule has 1 aliphatic rings. The quantitative estimate of drug-likeness (QED) is 0.695. The summed E-state index contributed by atoms with van der Waals surface area (Å²) in [5.41, 5.74) is 0. The molecule has 0 radical (unpaired) electrons. The van der Waals surface area contributed by atoms with Crippen molar-refractivity contribution in [2.24, 2.45) is 11.8 Å². The lowest BCUT2D eigenvalue weighted by atomic mass is 9.87. The van der Waals surface area contributed by atoms with Gasteiger partial charge < -0.3 is 15.0 Å². The molecule has 0 unspecified atom stereocenters. The van der Waals surface area contributed by atoms with E-state index in [1.807, 2.05) is 13.8 Å². The molecule has 1 aliphatic heterocycles. The highest BCUT2D eigenvalue weighted by atomic mass is 16.5. The summed E-state index contributed by atoms with van der Waals surface area (Å²) in [5, 5.41) is 2.91. The Kier molecular flexibility index (Phi) is 8.15. The minimum Gasteiger partial charge on any atom is -0.377 e. The zero-order valence-electron chi connectivity index (χ0n) is 13.7. The molecular weight excluding hydrogens is 252 g/mol. The smallest absolute Gasteiger partial charge is 0.221 e. The van der Waals surface area contributed by atoms with Gasteiger partial charge in [-0.15, -0.1) is 0 Å². The van der Waals surface area contributed by atoms with Crippen LogP contribution in [0.25, 0.3) is 0 Å². The molecule has 1 saturated heterocycles. The van der Waals surface area contributed by atoms with E-state index in [4.69, 9.17) is 4.74 Å². The Bertz CT molecular complexity index is 272. The first-order chi connectivity index (χ1) is 9.49. The third-order valence-corrected chi connectivity index (χ3v) is 4.11. The molecule has 0 atom stereocenters. The number of amides is 1. The Morgan fingerprint density at radius 1 is 1.25 bits per heavy atom. The van der Waals surface area contributed by atoms with Gasteiger partial charge in [-0.25, -0.2) is 0 Å². The number of carbonyl (C=O) groups is 1. The van der Waals surface area contributed by atoms with Crippen molar-refractivity contribution in [3.63, 3.8) is 0 Å². The van der Waals surface area contributed by atoms with Gasteiger partial charge in [0.15, 0.2) is 0 Å². The van der Waals surface area contributed by atoms with Gasteiger partial charge in [-0.2, -0.15) is 0 Å². The van der Waals surface area contributed by atoms with Crippen LogP contribution in [0.3, 0.4) is 0 Å². The molecule has 0 aromatic rings. The fourth-order valence-corrected chi connectivity index (χ4v) is 2.68. The number of nitrogens with one attached hydrogen (secondary N) is 1. The number of hydrogen-bond acceptors (Lipinski definition) is 3. The molecule has 1 amide bonds. The van der Waals surface area contributed by atoms with Gasteiger partial charge in [-0.05, 0) is 51.6 Å². The van der Waals surface area contributed by atoms with Crippen LogP contribution >= 0.6 is 0 Å². The Labute approximate surface area is 124 Å². The minimum absolute atomic E-state index is 0.142. The normalized spacial score (nSPS) is 17.9. The molecule has 20 heavy (non-hydrogen) atoms. The van der Waals surface area contributed by atoms with Crippen molar-refractivity contribution in [2.75, 3.05) is 32.8 Å². The zero-order chi connectivity index (χ0) is 15.0. The van der Waals surface area contributed by atoms with Gasteiger partial charge in [0.05, 0.1) is 12.7 Å². The Morgan fingerprint density at radius 3 is 2.45 bits per heavy atom. The number of ether oxygens (including phenoxy) is 1. The molecule has 0 aromatic heterocycles. The van der Waals surface area contributed by atoms with Crippen LogP contribution in [0.1, 0.15) is 47.0 Å². The largest absolute Gasteiger partial charge is 0.377 e. The van der Waals surface area contributed by atoms with Crippen LogP contribution in [0.4, 0.5) is 0 Å². The molecule has 1 rings (SSSR count). The van der Waals surface area contributed by atoms with Crippen molar-refractivity contribution in [3.8, 4) is 0 Å². The van der Waals surface area contributed by atoms with Crippen molar-refractivity contribution in [3.05, 3.63) is 0 Å². The van der Waals surface area contributed by atoms with Crippen molar-refractivity contribution >= 4 is 5.91 Å². The van der Waals surface area contributed by atoms with E-state index in [-0.39, 0.29) is 12.0 Å². The van der Waals surface area contributed by atoms with E-state index in [1.165, 1.54) is 12.8 Å². The molecule has 4 heteroatoms. The molecule has 0 saturated carbocycles. The first kappa shape index (κ1) is 17.4. The molecule has 0 spiro atoms. The minimum atomic E-state index is 0.142. The SMILES string of the molecule is CC(C)OCCNC(=O)CCN1CCC(C(C)C)CC1. The maximum absolute atomic E-state index is 11.7. The van der Waals surface area contributed by atoms with E-state index in [0.717, 1.165) is 31.5 Å². The number of nitrogens with zero attached hydrogens (tertiary/aromatic N) is 1. The van der Waals surface area contributed by atoms with Crippen molar-refractivity contribution in [1.82, 2.24) is 10.2 Å². The Balaban J connectivity index is 2.04. The van der Waals surface area contributed by atoms with Crippen LogP contribution in [-0.2, 0) is 9.53 Å². The average Bonchev–Trinajstić information content (AvgIpc) is 2.41. The van der Waals surface area contributed by atoms with Gasteiger partial charge in [0, 0.05) is 19.5 Å². The first-order valence-electron chi connectivity index (χ1n) is 8.09. The predicted octanol–water partition coefficient (Wildman–Crippen LogP) is 2.29. The molecule has 1 N–H and O–H groups in total. The highest BCUT2D eigenvalue weighted by Gasteiger charge is 2.21. The topological polar surface area (TPSA) is 41.6 Å².